The molecule has 150 valence electrons. The van der Waals surface area contributed by atoms with Gasteiger partial charge in [-0.3, -0.25) is 14.2 Å². The van der Waals surface area contributed by atoms with Gasteiger partial charge in [0.25, 0.3) is 5.56 Å². The van der Waals surface area contributed by atoms with Crippen molar-refractivity contribution in [3.8, 4) is 11.3 Å². The maximum atomic E-state index is 12.4. The number of nitrogens with zero attached hydrogens (tertiary/aromatic N) is 3. The molecule has 1 aromatic carbocycles. The molecule has 0 bridgehead atoms. The van der Waals surface area contributed by atoms with E-state index in [9.17, 15) is 9.59 Å². The molecule has 0 saturated heterocycles. The standard InChI is InChI=1S/C21H17N5O2S2/c1-12-18(13-4-2-3-5-15(13)23-12)16-10-30-21(24-16)25-17(27)6-8-26-11-22-19-14(20(26)28)7-9-29-19/h2-5,7,9-11,23H,6,8H2,1H3,(H,24,25,27). The number of benzene rings is 1. The van der Waals surface area contributed by atoms with Crippen LogP contribution in [-0.4, -0.2) is 25.4 Å². The number of para-hydroxylation sites is 1. The molecule has 0 aliphatic heterocycles. The van der Waals surface area contributed by atoms with Crippen molar-refractivity contribution < 1.29 is 4.79 Å². The lowest BCUT2D eigenvalue weighted by molar-refractivity contribution is -0.116. The number of thiazole rings is 1. The number of thiophene rings is 1. The number of H-pyrrole nitrogens is 1. The SMILES string of the molecule is Cc1[nH]c2ccccc2c1-c1csc(NC(=O)CCn2cnc3sccc3c2=O)n1. The highest BCUT2D eigenvalue weighted by atomic mass is 32.1. The van der Waals surface area contributed by atoms with Crippen LogP contribution in [0.2, 0.25) is 0 Å². The third-order valence-corrected chi connectivity index (χ3v) is 6.51. The van der Waals surface area contributed by atoms with E-state index in [-0.39, 0.29) is 24.4 Å². The van der Waals surface area contributed by atoms with Crippen LogP contribution in [0.15, 0.2) is 52.2 Å². The first-order chi connectivity index (χ1) is 14.6. The Morgan fingerprint density at radius 2 is 2.07 bits per heavy atom. The minimum Gasteiger partial charge on any atom is -0.358 e. The van der Waals surface area contributed by atoms with Gasteiger partial charge in [0.2, 0.25) is 5.91 Å². The molecule has 9 heteroatoms. The summed E-state index contributed by atoms with van der Waals surface area (Å²) in [4.78, 5) is 37.8. The quantitative estimate of drug-likeness (QED) is 0.428. The van der Waals surface area contributed by atoms with E-state index in [2.05, 4.69) is 26.3 Å². The van der Waals surface area contributed by atoms with Crippen LogP contribution in [0, 0.1) is 6.92 Å². The Kier molecular flexibility index (Phi) is 4.68. The normalized spacial score (nSPS) is 11.4. The van der Waals surface area contributed by atoms with Crippen molar-refractivity contribution in [3.05, 3.63) is 63.5 Å². The predicted octanol–water partition coefficient (Wildman–Crippen LogP) is 4.40. The maximum absolute atomic E-state index is 12.4. The second-order valence-corrected chi connectivity index (χ2v) is 8.64. The topological polar surface area (TPSA) is 92.7 Å². The second-order valence-electron chi connectivity index (χ2n) is 6.89. The Bertz CT molecular complexity index is 1440. The third kappa shape index (κ3) is 3.31. The van der Waals surface area contributed by atoms with Crippen LogP contribution in [0.1, 0.15) is 12.1 Å². The van der Waals surface area contributed by atoms with E-state index in [1.165, 1.54) is 33.6 Å². The van der Waals surface area contributed by atoms with Crippen LogP contribution in [0.3, 0.4) is 0 Å². The zero-order valence-electron chi connectivity index (χ0n) is 16.0. The highest BCUT2D eigenvalue weighted by Crippen LogP contribution is 2.33. The first kappa shape index (κ1) is 18.7. The molecule has 0 unspecified atom stereocenters. The molecule has 0 aliphatic carbocycles. The maximum Gasteiger partial charge on any atom is 0.262 e. The van der Waals surface area contributed by atoms with Gasteiger partial charge < -0.3 is 10.3 Å². The lowest BCUT2D eigenvalue weighted by Crippen LogP contribution is -2.23. The number of fused-ring (bicyclic) bond motifs is 2. The molecular formula is C21H17N5O2S2. The van der Waals surface area contributed by atoms with Crippen LogP contribution < -0.4 is 10.9 Å². The number of carbonyl (C=O) groups excluding carboxylic acids is 1. The zero-order valence-corrected chi connectivity index (χ0v) is 17.6. The molecule has 0 fully saturated rings. The summed E-state index contributed by atoms with van der Waals surface area (Å²) in [5.41, 5.74) is 3.85. The summed E-state index contributed by atoms with van der Waals surface area (Å²) in [6.45, 7) is 2.28. The number of aromatic amines is 1. The Hall–Kier alpha value is -3.30. The number of aryl methyl sites for hydroxylation is 2. The van der Waals surface area contributed by atoms with E-state index in [1.807, 2.05) is 35.9 Å². The molecule has 0 radical (unpaired) electrons. The van der Waals surface area contributed by atoms with Crippen molar-refractivity contribution in [1.29, 1.82) is 0 Å². The number of amides is 1. The minimum atomic E-state index is -0.191. The van der Waals surface area contributed by atoms with E-state index < -0.39 is 0 Å². The molecule has 4 heterocycles. The van der Waals surface area contributed by atoms with E-state index in [0.717, 1.165) is 27.9 Å². The second kappa shape index (κ2) is 7.51. The Morgan fingerprint density at radius 1 is 1.20 bits per heavy atom. The number of hydrogen-bond acceptors (Lipinski definition) is 6. The van der Waals surface area contributed by atoms with E-state index in [0.29, 0.717) is 15.3 Å². The number of anilines is 1. The average molecular weight is 436 g/mol. The fourth-order valence-electron chi connectivity index (χ4n) is 3.51. The molecule has 7 nitrogen and oxygen atoms in total. The van der Waals surface area contributed by atoms with Crippen molar-refractivity contribution in [2.45, 2.75) is 19.9 Å². The minimum absolute atomic E-state index is 0.125. The van der Waals surface area contributed by atoms with Crippen LogP contribution >= 0.6 is 22.7 Å². The molecule has 0 saturated carbocycles. The lowest BCUT2D eigenvalue weighted by atomic mass is 10.1. The van der Waals surface area contributed by atoms with Gasteiger partial charge in [-0.2, -0.15) is 0 Å². The molecule has 5 aromatic rings. The van der Waals surface area contributed by atoms with Gasteiger partial charge in [-0.1, -0.05) is 18.2 Å². The number of rotatable bonds is 5. The molecule has 0 spiro atoms. The van der Waals surface area contributed by atoms with Crippen molar-refractivity contribution >= 4 is 54.8 Å². The monoisotopic (exact) mass is 435 g/mol. The summed E-state index contributed by atoms with van der Waals surface area (Å²) in [7, 11) is 0. The van der Waals surface area contributed by atoms with Crippen LogP contribution in [-0.2, 0) is 11.3 Å². The lowest BCUT2D eigenvalue weighted by Gasteiger charge is -2.05. The van der Waals surface area contributed by atoms with Gasteiger partial charge in [0.05, 0.1) is 17.4 Å². The Morgan fingerprint density at radius 3 is 2.97 bits per heavy atom. The molecule has 4 aromatic heterocycles. The molecular weight excluding hydrogens is 418 g/mol. The molecule has 0 aliphatic rings. The summed E-state index contributed by atoms with van der Waals surface area (Å²) >= 11 is 2.81. The number of hydrogen-bond donors (Lipinski definition) is 2. The van der Waals surface area contributed by atoms with E-state index in [1.54, 1.807) is 6.07 Å². The molecule has 2 N–H and O–H groups in total. The summed E-state index contributed by atoms with van der Waals surface area (Å²) < 4.78 is 1.47. The summed E-state index contributed by atoms with van der Waals surface area (Å²) in [5.74, 6) is -0.191. The van der Waals surface area contributed by atoms with Crippen LogP contribution in [0.25, 0.3) is 32.4 Å². The Labute approximate surface area is 179 Å². The van der Waals surface area contributed by atoms with Crippen LogP contribution in [0.4, 0.5) is 5.13 Å². The van der Waals surface area contributed by atoms with Gasteiger partial charge in [-0.25, -0.2) is 9.97 Å². The predicted molar refractivity (Wildman–Crippen MR) is 121 cm³/mol. The summed E-state index contributed by atoms with van der Waals surface area (Å²) in [5, 5.41) is 8.85. The first-order valence-corrected chi connectivity index (χ1v) is 11.1. The summed E-state index contributed by atoms with van der Waals surface area (Å²) in [6.07, 6.45) is 1.66. The molecule has 1 amide bonds. The van der Waals surface area contributed by atoms with Gasteiger partial charge >= 0.3 is 0 Å². The van der Waals surface area contributed by atoms with Crippen LogP contribution in [0.5, 0.6) is 0 Å². The third-order valence-electron chi connectivity index (χ3n) is 4.93. The van der Waals surface area contributed by atoms with Crippen molar-refractivity contribution in [2.75, 3.05) is 5.32 Å². The fraction of sp³-hybridized carbons (Fsp3) is 0.143. The van der Waals surface area contributed by atoms with Gasteiger partial charge in [0.1, 0.15) is 4.83 Å². The van der Waals surface area contributed by atoms with E-state index >= 15 is 0 Å². The Balaban J connectivity index is 1.30. The van der Waals surface area contributed by atoms with E-state index in [4.69, 9.17) is 0 Å². The molecule has 30 heavy (non-hydrogen) atoms. The molecule has 0 atom stereocenters. The first-order valence-electron chi connectivity index (χ1n) is 9.36. The summed E-state index contributed by atoms with van der Waals surface area (Å²) in [6, 6.07) is 9.84. The highest BCUT2D eigenvalue weighted by Gasteiger charge is 2.15. The average Bonchev–Trinajstić information content (AvgIpc) is 3.45. The number of carbonyl (C=O) groups is 1. The van der Waals surface area contributed by atoms with Gasteiger partial charge in [0, 0.05) is 40.5 Å². The van der Waals surface area contributed by atoms with Gasteiger partial charge in [0.15, 0.2) is 5.13 Å². The fourth-order valence-corrected chi connectivity index (χ4v) is 4.95. The van der Waals surface area contributed by atoms with Crippen molar-refractivity contribution in [3.63, 3.8) is 0 Å². The number of aromatic nitrogens is 4. The van der Waals surface area contributed by atoms with Gasteiger partial charge in [-0.05, 0) is 24.4 Å². The van der Waals surface area contributed by atoms with Crippen molar-refractivity contribution in [2.24, 2.45) is 0 Å². The smallest absolute Gasteiger partial charge is 0.262 e. The van der Waals surface area contributed by atoms with Gasteiger partial charge in [-0.15, -0.1) is 22.7 Å². The highest BCUT2D eigenvalue weighted by molar-refractivity contribution is 7.16. The zero-order chi connectivity index (χ0) is 20.7. The molecule has 5 rings (SSSR count). The van der Waals surface area contributed by atoms with Crippen molar-refractivity contribution in [1.82, 2.24) is 19.5 Å². The largest absolute Gasteiger partial charge is 0.358 e. The number of nitrogens with one attached hydrogen (secondary N) is 2.